The Morgan fingerprint density at radius 2 is 1.55 bits per heavy atom. The highest BCUT2D eigenvalue weighted by molar-refractivity contribution is 5.88. The number of amides is 2. The molecule has 0 bridgehead atoms. The summed E-state index contributed by atoms with van der Waals surface area (Å²) in [4.78, 5) is 29.4. The van der Waals surface area contributed by atoms with Gasteiger partial charge in [-0.3, -0.25) is 9.59 Å². The van der Waals surface area contributed by atoms with Crippen LogP contribution < -0.4 is 14.8 Å². The summed E-state index contributed by atoms with van der Waals surface area (Å²) in [5, 5.41) is 3.27. The number of hydrogen-bond acceptors (Lipinski definition) is 4. The van der Waals surface area contributed by atoms with Gasteiger partial charge in [-0.25, -0.2) is 0 Å². The number of aryl methyl sites for hydroxylation is 1. The van der Waals surface area contributed by atoms with Crippen LogP contribution in [0.5, 0.6) is 11.5 Å². The molecule has 6 heteroatoms. The zero-order chi connectivity index (χ0) is 26.7. The topological polar surface area (TPSA) is 67.9 Å². The van der Waals surface area contributed by atoms with Crippen LogP contribution in [0.25, 0.3) is 0 Å². The monoisotopic (exact) mass is 514 g/mol. The molecule has 38 heavy (non-hydrogen) atoms. The third kappa shape index (κ3) is 7.37. The average Bonchev–Trinajstić information content (AvgIpc) is 2.95. The van der Waals surface area contributed by atoms with Crippen molar-refractivity contribution in [2.75, 3.05) is 13.7 Å². The van der Waals surface area contributed by atoms with E-state index in [0.717, 1.165) is 42.4 Å². The lowest BCUT2D eigenvalue weighted by Crippen LogP contribution is -2.53. The van der Waals surface area contributed by atoms with Crippen molar-refractivity contribution in [3.63, 3.8) is 0 Å². The van der Waals surface area contributed by atoms with Gasteiger partial charge in [0.15, 0.2) is 18.1 Å². The zero-order valence-electron chi connectivity index (χ0n) is 22.4. The Morgan fingerprint density at radius 3 is 2.26 bits per heavy atom. The van der Waals surface area contributed by atoms with Crippen LogP contribution in [0, 0.1) is 6.92 Å². The number of hydrogen-bond donors (Lipinski definition) is 1. The first-order valence-corrected chi connectivity index (χ1v) is 13.5. The Balaban J connectivity index is 1.63. The van der Waals surface area contributed by atoms with Crippen LogP contribution in [0.2, 0.25) is 0 Å². The molecule has 0 saturated heterocycles. The molecule has 200 valence electrons. The molecule has 6 nitrogen and oxygen atoms in total. The van der Waals surface area contributed by atoms with Gasteiger partial charge < -0.3 is 19.7 Å². The van der Waals surface area contributed by atoms with Crippen LogP contribution >= 0.6 is 0 Å². The number of carbonyl (C=O) groups excluding carboxylic acids is 2. The quantitative estimate of drug-likeness (QED) is 0.368. The Bertz CT molecular complexity index is 1190. The molecular formula is C32H38N2O4. The lowest BCUT2D eigenvalue weighted by atomic mass is 9.94. The van der Waals surface area contributed by atoms with Gasteiger partial charge in [0.2, 0.25) is 5.91 Å². The summed E-state index contributed by atoms with van der Waals surface area (Å²) < 4.78 is 11.3. The van der Waals surface area contributed by atoms with E-state index in [1.807, 2.05) is 73.7 Å². The van der Waals surface area contributed by atoms with Crippen molar-refractivity contribution in [3.8, 4) is 11.5 Å². The van der Waals surface area contributed by atoms with Crippen molar-refractivity contribution >= 4 is 11.8 Å². The van der Waals surface area contributed by atoms with E-state index in [1.165, 1.54) is 6.42 Å². The van der Waals surface area contributed by atoms with Gasteiger partial charge in [-0.2, -0.15) is 0 Å². The predicted octanol–water partition coefficient (Wildman–Crippen LogP) is 5.47. The first-order valence-electron chi connectivity index (χ1n) is 13.5. The van der Waals surface area contributed by atoms with Gasteiger partial charge in [0.05, 0.1) is 7.11 Å². The molecule has 0 unspecified atom stereocenters. The Labute approximate surface area is 226 Å². The van der Waals surface area contributed by atoms with Gasteiger partial charge >= 0.3 is 0 Å². The zero-order valence-corrected chi connectivity index (χ0v) is 22.4. The predicted molar refractivity (Wildman–Crippen MR) is 149 cm³/mol. The summed E-state index contributed by atoms with van der Waals surface area (Å²) in [5.41, 5.74) is 3.08. The number of ether oxygens (including phenoxy) is 2. The maximum Gasteiger partial charge on any atom is 0.261 e. The minimum Gasteiger partial charge on any atom is -0.493 e. The second-order valence-corrected chi connectivity index (χ2v) is 9.94. The summed E-state index contributed by atoms with van der Waals surface area (Å²) in [7, 11) is 1.57. The van der Waals surface area contributed by atoms with E-state index in [0.29, 0.717) is 24.5 Å². The summed E-state index contributed by atoms with van der Waals surface area (Å²) in [6.45, 7) is 2.14. The van der Waals surface area contributed by atoms with Crippen LogP contribution in [0.3, 0.4) is 0 Å². The molecule has 3 aromatic carbocycles. The second kappa shape index (κ2) is 13.7. The van der Waals surface area contributed by atoms with Crippen LogP contribution in [-0.4, -0.2) is 42.5 Å². The van der Waals surface area contributed by atoms with E-state index in [1.54, 1.807) is 24.1 Å². The lowest BCUT2D eigenvalue weighted by molar-refractivity contribution is -0.143. The Morgan fingerprint density at radius 1 is 0.895 bits per heavy atom. The minimum absolute atomic E-state index is 0.111. The molecule has 0 aliphatic heterocycles. The summed E-state index contributed by atoms with van der Waals surface area (Å²) in [6, 6.07) is 24.6. The van der Waals surface area contributed by atoms with Gasteiger partial charge in [-0.15, -0.1) is 0 Å². The van der Waals surface area contributed by atoms with E-state index in [9.17, 15) is 9.59 Å². The van der Waals surface area contributed by atoms with E-state index in [-0.39, 0.29) is 24.5 Å². The maximum absolute atomic E-state index is 13.8. The van der Waals surface area contributed by atoms with Crippen LogP contribution in [-0.2, 0) is 22.6 Å². The fraction of sp³-hybridized carbons (Fsp3) is 0.375. The molecule has 2 amide bonds. The Kier molecular flexibility index (Phi) is 9.79. The third-order valence-electron chi connectivity index (χ3n) is 7.24. The minimum atomic E-state index is -0.673. The molecule has 1 N–H and O–H groups in total. The van der Waals surface area contributed by atoms with Crippen LogP contribution in [0.4, 0.5) is 0 Å². The molecule has 1 atom stereocenters. The smallest absolute Gasteiger partial charge is 0.261 e. The molecule has 1 aliphatic rings. The van der Waals surface area contributed by atoms with Crippen LogP contribution in [0.15, 0.2) is 78.9 Å². The molecule has 3 aromatic rings. The standard InChI is InChI=1S/C32H38N2O4/c1-24-13-9-10-16-26(24)22-34(31(35)23-38-30-20-12-11-19-29(30)37-2)28(21-25-14-5-3-6-15-25)32(36)33-27-17-7-4-8-18-27/h3,5-6,9-16,19-20,27-28H,4,7-8,17-18,21-23H2,1-2H3,(H,33,36)/t28-/m0/s1. The second-order valence-electron chi connectivity index (χ2n) is 9.94. The molecular weight excluding hydrogens is 476 g/mol. The van der Waals surface area contributed by atoms with E-state index >= 15 is 0 Å². The molecule has 0 spiro atoms. The molecule has 4 rings (SSSR count). The molecule has 1 fully saturated rings. The first-order chi connectivity index (χ1) is 18.5. The van der Waals surface area contributed by atoms with Gasteiger partial charge in [0, 0.05) is 19.0 Å². The number of nitrogens with zero attached hydrogens (tertiary/aromatic N) is 1. The molecule has 0 aromatic heterocycles. The van der Waals surface area contributed by atoms with E-state index in [4.69, 9.17) is 9.47 Å². The van der Waals surface area contributed by atoms with Crippen molar-refractivity contribution in [1.82, 2.24) is 10.2 Å². The molecule has 0 heterocycles. The van der Waals surface area contributed by atoms with Gasteiger partial charge in [-0.1, -0.05) is 86.0 Å². The number of para-hydroxylation sites is 2. The highest BCUT2D eigenvalue weighted by Gasteiger charge is 2.32. The Hall–Kier alpha value is -3.80. The maximum atomic E-state index is 13.8. The fourth-order valence-corrected chi connectivity index (χ4v) is 5.03. The summed E-state index contributed by atoms with van der Waals surface area (Å²) in [5.74, 6) is 0.686. The number of nitrogens with one attached hydrogen (secondary N) is 1. The molecule has 0 radical (unpaired) electrons. The van der Waals surface area contributed by atoms with E-state index < -0.39 is 6.04 Å². The first kappa shape index (κ1) is 27.2. The van der Waals surface area contributed by atoms with Gasteiger partial charge in [-0.05, 0) is 48.6 Å². The number of carbonyl (C=O) groups is 2. The van der Waals surface area contributed by atoms with E-state index in [2.05, 4.69) is 5.32 Å². The number of methoxy groups -OCH3 is 1. The highest BCUT2D eigenvalue weighted by Crippen LogP contribution is 2.26. The largest absolute Gasteiger partial charge is 0.493 e. The van der Waals surface area contributed by atoms with Crippen molar-refractivity contribution in [2.45, 2.75) is 64.1 Å². The summed E-state index contributed by atoms with van der Waals surface area (Å²) in [6.07, 6.45) is 5.82. The highest BCUT2D eigenvalue weighted by atomic mass is 16.5. The average molecular weight is 515 g/mol. The van der Waals surface area contributed by atoms with Gasteiger partial charge in [0.25, 0.3) is 5.91 Å². The third-order valence-corrected chi connectivity index (χ3v) is 7.24. The van der Waals surface area contributed by atoms with Gasteiger partial charge in [0.1, 0.15) is 6.04 Å². The van der Waals surface area contributed by atoms with Crippen molar-refractivity contribution in [2.24, 2.45) is 0 Å². The van der Waals surface area contributed by atoms with Crippen molar-refractivity contribution in [1.29, 1.82) is 0 Å². The van der Waals surface area contributed by atoms with Crippen LogP contribution in [0.1, 0.15) is 48.8 Å². The SMILES string of the molecule is COc1ccccc1OCC(=O)N(Cc1ccccc1C)[C@@H](Cc1ccccc1)C(=O)NC1CCCCC1. The van der Waals surface area contributed by atoms with Crippen molar-refractivity contribution < 1.29 is 19.1 Å². The molecule has 1 saturated carbocycles. The lowest BCUT2D eigenvalue weighted by Gasteiger charge is -2.33. The normalized spacial score (nSPS) is 14.4. The number of benzene rings is 3. The van der Waals surface area contributed by atoms with Crippen molar-refractivity contribution in [3.05, 3.63) is 95.6 Å². The number of rotatable bonds is 11. The summed E-state index contributed by atoms with van der Waals surface area (Å²) >= 11 is 0. The molecule has 1 aliphatic carbocycles. The fourth-order valence-electron chi connectivity index (χ4n) is 5.03.